The minimum absolute atomic E-state index is 0.0384. The average molecular weight is 259 g/mol. The molecule has 1 aromatic heterocycles. The lowest BCUT2D eigenvalue weighted by atomic mass is 10.5. The fraction of sp³-hybridized carbons (Fsp3) is 0.375. The molecule has 2 nitrogen and oxygen atoms in total. The monoisotopic (exact) mass is 259 g/mol. The highest BCUT2D eigenvalue weighted by molar-refractivity contribution is 7.99. The average Bonchev–Trinajstić information content (AvgIpc) is 2.59. The van der Waals surface area contributed by atoms with Gasteiger partial charge in [-0.25, -0.2) is 0 Å². The first-order chi connectivity index (χ1) is 7.39. The van der Waals surface area contributed by atoms with Crippen molar-refractivity contribution in [2.45, 2.75) is 17.8 Å². The summed E-state index contributed by atoms with van der Waals surface area (Å²) in [5.74, 6) is 0.176. The van der Waals surface area contributed by atoms with E-state index in [-0.39, 0.29) is 17.4 Å². The summed E-state index contributed by atoms with van der Waals surface area (Å²) < 4.78 is 63.9. The number of aromatic nitrogens is 1. The lowest BCUT2D eigenvalue weighted by Gasteiger charge is -1.98. The molecule has 0 unspecified atom stereocenters. The number of halogens is 5. The van der Waals surface area contributed by atoms with E-state index in [0.29, 0.717) is 12.3 Å². The predicted octanol–water partition coefficient (Wildman–Crippen LogP) is 3.96. The zero-order chi connectivity index (χ0) is 12.2. The molecule has 1 aromatic rings. The third-order valence-electron chi connectivity index (χ3n) is 1.42. The molecule has 0 spiro atoms. The van der Waals surface area contributed by atoms with Gasteiger partial charge in [-0.3, -0.25) is 0 Å². The number of thioether (sulfide) groups is 1. The third-order valence-corrected chi connectivity index (χ3v) is 2.29. The van der Waals surface area contributed by atoms with Crippen LogP contribution >= 0.6 is 11.8 Å². The van der Waals surface area contributed by atoms with Gasteiger partial charge in [0.25, 0.3) is 11.3 Å². The summed E-state index contributed by atoms with van der Waals surface area (Å²) >= 11 is 0.844. The SMILES string of the molecule is FC(F)=CCCSc1nc(C(F)(F)F)co1. The Balaban J connectivity index is 2.44. The number of nitrogens with zero attached hydrogens (tertiary/aromatic N) is 1. The van der Waals surface area contributed by atoms with Gasteiger partial charge in [0, 0.05) is 5.75 Å². The molecule has 16 heavy (non-hydrogen) atoms. The van der Waals surface area contributed by atoms with Crippen LogP contribution in [0.1, 0.15) is 12.1 Å². The van der Waals surface area contributed by atoms with E-state index in [9.17, 15) is 22.0 Å². The summed E-state index contributed by atoms with van der Waals surface area (Å²) in [7, 11) is 0. The summed E-state index contributed by atoms with van der Waals surface area (Å²) in [6, 6.07) is 0. The number of alkyl halides is 3. The van der Waals surface area contributed by atoms with Gasteiger partial charge in [-0.1, -0.05) is 11.8 Å². The van der Waals surface area contributed by atoms with Crippen molar-refractivity contribution in [3.05, 3.63) is 24.1 Å². The molecule has 0 aromatic carbocycles. The molecule has 1 heterocycles. The van der Waals surface area contributed by atoms with Crippen molar-refractivity contribution in [1.82, 2.24) is 4.98 Å². The van der Waals surface area contributed by atoms with E-state index in [0.717, 1.165) is 11.8 Å². The molecule has 0 amide bonds. The van der Waals surface area contributed by atoms with E-state index in [1.165, 1.54) is 0 Å². The van der Waals surface area contributed by atoms with Crippen LogP contribution < -0.4 is 0 Å². The maximum absolute atomic E-state index is 12.1. The first-order valence-electron chi connectivity index (χ1n) is 4.06. The van der Waals surface area contributed by atoms with Crippen molar-refractivity contribution in [1.29, 1.82) is 0 Å². The Morgan fingerprint density at radius 3 is 2.62 bits per heavy atom. The van der Waals surface area contributed by atoms with Crippen LogP contribution in [-0.4, -0.2) is 10.7 Å². The molecule has 8 heteroatoms. The Kier molecular flexibility index (Phi) is 4.34. The Morgan fingerprint density at radius 2 is 2.12 bits per heavy atom. The highest BCUT2D eigenvalue weighted by atomic mass is 32.2. The van der Waals surface area contributed by atoms with Crippen molar-refractivity contribution in [2.75, 3.05) is 5.75 Å². The molecule has 0 aliphatic rings. The molecule has 0 radical (unpaired) electrons. The molecular formula is C8H6F5NOS. The highest BCUT2D eigenvalue weighted by Crippen LogP contribution is 2.30. The van der Waals surface area contributed by atoms with Crippen LogP contribution in [0.4, 0.5) is 22.0 Å². The number of hydrogen-bond donors (Lipinski definition) is 0. The maximum Gasteiger partial charge on any atom is 0.436 e. The standard InChI is InChI=1S/C8H6F5NOS/c9-6(10)2-1-3-16-7-14-5(4-15-7)8(11,12)13/h2,4H,1,3H2. The van der Waals surface area contributed by atoms with Crippen LogP contribution in [0, 0.1) is 0 Å². The van der Waals surface area contributed by atoms with Gasteiger partial charge in [0.2, 0.25) is 0 Å². The van der Waals surface area contributed by atoms with Gasteiger partial charge in [0.1, 0.15) is 6.26 Å². The van der Waals surface area contributed by atoms with Gasteiger partial charge in [-0.15, -0.1) is 0 Å². The van der Waals surface area contributed by atoms with Crippen LogP contribution in [0.25, 0.3) is 0 Å². The summed E-state index contributed by atoms with van der Waals surface area (Å²) in [6.45, 7) is 0. The van der Waals surface area contributed by atoms with Crippen molar-refractivity contribution in [2.24, 2.45) is 0 Å². The quantitative estimate of drug-likeness (QED) is 0.465. The topological polar surface area (TPSA) is 26.0 Å². The molecule has 90 valence electrons. The van der Waals surface area contributed by atoms with Gasteiger partial charge in [-0.05, 0) is 12.5 Å². The van der Waals surface area contributed by atoms with Crippen LogP contribution in [-0.2, 0) is 6.18 Å². The van der Waals surface area contributed by atoms with E-state index in [1.54, 1.807) is 0 Å². The minimum Gasteiger partial charge on any atom is -0.439 e. The van der Waals surface area contributed by atoms with Gasteiger partial charge >= 0.3 is 6.18 Å². The van der Waals surface area contributed by atoms with Gasteiger partial charge in [-0.2, -0.15) is 26.9 Å². The van der Waals surface area contributed by atoms with Crippen LogP contribution in [0.2, 0.25) is 0 Å². The Morgan fingerprint density at radius 1 is 1.44 bits per heavy atom. The Labute approximate surface area is 91.5 Å². The van der Waals surface area contributed by atoms with Gasteiger partial charge in [0.05, 0.1) is 0 Å². The minimum atomic E-state index is -4.55. The van der Waals surface area contributed by atoms with Crippen molar-refractivity contribution in [3.63, 3.8) is 0 Å². The number of rotatable bonds is 4. The normalized spacial score (nSPS) is 11.6. The molecule has 0 aliphatic heterocycles. The predicted molar refractivity (Wildman–Crippen MR) is 47.1 cm³/mol. The lowest BCUT2D eigenvalue weighted by molar-refractivity contribution is -0.141. The fourth-order valence-electron chi connectivity index (χ4n) is 0.768. The second-order valence-electron chi connectivity index (χ2n) is 2.63. The second-order valence-corrected chi connectivity index (χ2v) is 3.67. The zero-order valence-electron chi connectivity index (χ0n) is 7.72. The number of allylic oxidation sites excluding steroid dienone is 1. The summed E-state index contributed by atoms with van der Waals surface area (Å²) in [4.78, 5) is 3.16. The molecular weight excluding hydrogens is 253 g/mol. The Hall–Kier alpha value is -1.05. The molecule has 0 saturated carbocycles. The van der Waals surface area contributed by atoms with E-state index >= 15 is 0 Å². The molecule has 0 aliphatic carbocycles. The lowest BCUT2D eigenvalue weighted by Crippen LogP contribution is -2.04. The maximum atomic E-state index is 12.1. The van der Waals surface area contributed by atoms with Crippen molar-refractivity contribution in [3.8, 4) is 0 Å². The molecule has 0 saturated heterocycles. The molecule has 0 bridgehead atoms. The highest BCUT2D eigenvalue weighted by Gasteiger charge is 2.34. The van der Waals surface area contributed by atoms with Gasteiger partial charge in [0.15, 0.2) is 5.69 Å². The summed E-state index contributed by atoms with van der Waals surface area (Å²) in [5.41, 5.74) is -1.12. The van der Waals surface area contributed by atoms with Gasteiger partial charge < -0.3 is 4.42 Å². The van der Waals surface area contributed by atoms with Crippen molar-refractivity contribution < 1.29 is 26.4 Å². The molecule has 1 rings (SSSR count). The third kappa shape index (κ3) is 4.21. The first kappa shape index (κ1) is 13.0. The number of hydrogen-bond acceptors (Lipinski definition) is 3. The molecule has 0 N–H and O–H groups in total. The fourth-order valence-corrected chi connectivity index (χ4v) is 1.46. The smallest absolute Gasteiger partial charge is 0.436 e. The summed E-state index contributed by atoms with van der Waals surface area (Å²) in [6.07, 6.45) is -5.15. The van der Waals surface area contributed by atoms with Crippen LogP contribution in [0.5, 0.6) is 0 Å². The van der Waals surface area contributed by atoms with E-state index in [2.05, 4.69) is 9.40 Å². The molecule has 0 atom stereocenters. The number of oxazole rings is 1. The van der Waals surface area contributed by atoms with Crippen LogP contribution in [0.3, 0.4) is 0 Å². The largest absolute Gasteiger partial charge is 0.439 e. The molecule has 0 fully saturated rings. The van der Waals surface area contributed by atoms with E-state index < -0.39 is 18.0 Å². The Bertz CT molecular complexity index is 369. The summed E-state index contributed by atoms with van der Waals surface area (Å²) in [5, 5.41) is -0.181. The van der Waals surface area contributed by atoms with E-state index in [4.69, 9.17) is 0 Å². The second kappa shape index (κ2) is 5.33. The zero-order valence-corrected chi connectivity index (χ0v) is 8.54. The van der Waals surface area contributed by atoms with Crippen LogP contribution in [0.15, 0.2) is 28.1 Å². The van der Waals surface area contributed by atoms with Crippen molar-refractivity contribution >= 4 is 11.8 Å². The van der Waals surface area contributed by atoms with E-state index in [1.807, 2.05) is 0 Å². The first-order valence-corrected chi connectivity index (χ1v) is 5.05.